The highest BCUT2D eigenvalue weighted by Gasteiger charge is 2.57. The maximum absolute atomic E-state index is 13.5. The van der Waals surface area contributed by atoms with Crippen LogP contribution in [0.25, 0.3) is 0 Å². The van der Waals surface area contributed by atoms with E-state index in [1.54, 1.807) is 21.0 Å². The number of carbonyl (C=O) groups is 3. The molecule has 5 rings (SSSR count). The van der Waals surface area contributed by atoms with Crippen LogP contribution in [0.3, 0.4) is 0 Å². The number of fused-ring (bicyclic) bond motifs is 6. The predicted octanol–water partition coefficient (Wildman–Crippen LogP) is 6.53. The van der Waals surface area contributed by atoms with Crippen molar-refractivity contribution in [3.05, 3.63) is 53.6 Å². The molecule has 3 N–H and O–H groups in total. The third kappa shape index (κ3) is 12.8. The molecule has 4 heterocycles. The molecule has 59 heavy (non-hydrogen) atoms. The molecule has 1 aromatic carbocycles. The number of methoxy groups -OCH3 is 2. The second-order valence-electron chi connectivity index (χ2n) is 17.4. The number of hydrogen-bond acceptors (Lipinski definition) is 13. The summed E-state index contributed by atoms with van der Waals surface area (Å²) in [5.41, 5.74) is 0.0376. The molecule has 0 aromatic heterocycles. The van der Waals surface area contributed by atoms with E-state index < -0.39 is 66.2 Å². The zero-order valence-corrected chi connectivity index (χ0v) is 35.7. The number of unbranched alkanes of at least 4 members (excludes halogenated alkanes) is 4. The average molecular weight is 829 g/mol. The first kappa shape index (κ1) is 46.7. The Morgan fingerprint density at radius 3 is 2.39 bits per heavy atom. The minimum atomic E-state index is -2.26. The number of benzene rings is 1. The van der Waals surface area contributed by atoms with E-state index in [-0.39, 0.29) is 61.9 Å². The number of rotatable bonds is 11. The number of aliphatic hydroxyl groups excluding tert-OH is 2. The van der Waals surface area contributed by atoms with Crippen molar-refractivity contribution in [2.24, 2.45) is 5.41 Å². The van der Waals surface area contributed by atoms with E-state index in [1.807, 2.05) is 30.4 Å². The van der Waals surface area contributed by atoms with Gasteiger partial charge in [0.2, 0.25) is 5.79 Å². The molecule has 6 bridgehead atoms. The van der Waals surface area contributed by atoms with Crippen LogP contribution < -0.4 is 4.74 Å². The van der Waals surface area contributed by atoms with Gasteiger partial charge in [0.25, 0.3) is 0 Å². The number of para-hydroxylation sites is 1. The lowest BCUT2D eigenvalue weighted by Gasteiger charge is -2.51. The smallest absolute Gasteiger partial charge is 0.330 e. The fourth-order valence-electron chi connectivity index (χ4n) is 9.10. The van der Waals surface area contributed by atoms with Gasteiger partial charge < -0.3 is 48.5 Å². The topological polar surface area (TPSA) is 177 Å². The molecule has 0 radical (unpaired) electrons. The third-order valence-corrected chi connectivity index (χ3v) is 12.3. The molecule has 0 spiro atoms. The van der Waals surface area contributed by atoms with Crippen LogP contribution in [0, 0.1) is 5.41 Å². The van der Waals surface area contributed by atoms with Crippen molar-refractivity contribution < 1.29 is 62.9 Å². The number of carbonyl (C=O) groups excluding carboxylic acids is 3. The van der Waals surface area contributed by atoms with E-state index in [9.17, 15) is 29.7 Å². The van der Waals surface area contributed by atoms with E-state index in [4.69, 9.17) is 33.2 Å². The summed E-state index contributed by atoms with van der Waals surface area (Å²) in [5, 5.41) is 34.3. The maximum Gasteiger partial charge on any atom is 0.330 e. The molecule has 3 saturated heterocycles. The van der Waals surface area contributed by atoms with Crippen molar-refractivity contribution >= 4 is 17.9 Å². The highest BCUT2D eigenvalue weighted by Crippen LogP contribution is 2.48. The fourth-order valence-corrected chi connectivity index (χ4v) is 9.10. The molecule has 10 atom stereocenters. The van der Waals surface area contributed by atoms with Crippen LogP contribution in [-0.2, 0) is 42.8 Å². The van der Waals surface area contributed by atoms with E-state index in [0.717, 1.165) is 62.7 Å². The summed E-state index contributed by atoms with van der Waals surface area (Å²) in [7, 11) is 2.90. The number of hydrogen-bond donors (Lipinski definition) is 3. The molecular formula is C46H68O13. The zero-order chi connectivity index (χ0) is 42.6. The standard InChI is InChI=1S/C46H68O13/c1-6-7-8-9-10-18-41(49)58-44-31(24-42(50)54-5)23-37-28-38(29-47)57-43(51)26-32(48)25-33-14-13-15-34(55-33)27-36-22-30(39-16-11-12-17-40(39)53-4)21-35(56-36)19-20-45(2,3)46(44,52)59-37/h11-12,16-17,19-20,24,30,32-38,44,47-48,52H,6-10,13-15,18,21-23,25-29H2,1-5H3/b20-19+,31-24+/t30-,32-,33+,34-,35+,36+,37+,38-,44+,46-/m1/s1. The molecule has 3 fully saturated rings. The van der Waals surface area contributed by atoms with Crippen LogP contribution >= 0.6 is 0 Å². The highest BCUT2D eigenvalue weighted by molar-refractivity contribution is 5.83. The van der Waals surface area contributed by atoms with Gasteiger partial charge in [-0.05, 0) is 74.5 Å². The molecule has 0 amide bonds. The van der Waals surface area contributed by atoms with Gasteiger partial charge in [-0.3, -0.25) is 9.59 Å². The Balaban J connectivity index is 1.54. The van der Waals surface area contributed by atoms with E-state index in [2.05, 4.69) is 13.0 Å². The van der Waals surface area contributed by atoms with E-state index >= 15 is 0 Å². The zero-order valence-electron chi connectivity index (χ0n) is 35.7. The van der Waals surface area contributed by atoms with Gasteiger partial charge in [-0.25, -0.2) is 4.79 Å². The van der Waals surface area contributed by atoms with Gasteiger partial charge in [0.05, 0.1) is 63.9 Å². The van der Waals surface area contributed by atoms with Gasteiger partial charge in [-0.2, -0.15) is 0 Å². The number of cyclic esters (lactones) is 1. The van der Waals surface area contributed by atoms with Crippen molar-refractivity contribution in [3.63, 3.8) is 0 Å². The molecule has 4 aliphatic rings. The normalized spacial score (nSPS) is 34.2. The van der Waals surface area contributed by atoms with Crippen LogP contribution in [0.4, 0.5) is 0 Å². The molecule has 1 aromatic rings. The van der Waals surface area contributed by atoms with Crippen molar-refractivity contribution in [2.75, 3.05) is 20.8 Å². The van der Waals surface area contributed by atoms with Crippen molar-refractivity contribution in [1.29, 1.82) is 0 Å². The van der Waals surface area contributed by atoms with Crippen LogP contribution in [0.15, 0.2) is 48.1 Å². The lowest BCUT2D eigenvalue weighted by molar-refractivity contribution is -0.327. The maximum atomic E-state index is 13.5. The molecule has 13 nitrogen and oxygen atoms in total. The lowest BCUT2D eigenvalue weighted by Crippen LogP contribution is -2.62. The Morgan fingerprint density at radius 2 is 1.66 bits per heavy atom. The first-order valence-corrected chi connectivity index (χ1v) is 21.8. The molecule has 330 valence electrons. The van der Waals surface area contributed by atoms with Crippen molar-refractivity contribution in [3.8, 4) is 5.75 Å². The summed E-state index contributed by atoms with van der Waals surface area (Å²) in [4.78, 5) is 39.5. The fraction of sp³-hybridized carbons (Fsp3) is 0.717. The quantitative estimate of drug-likeness (QED) is 0.0722. The second kappa shape index (κ2) is 22.0. The van der Waals surface area contributed by atoms with Gasteiger partial charge in [-0.15, -0.1) is 0 Å². The van der Waals surface area contributed by atoms with Gasteiger partial charge in [0.1, 0.15) is 11.9 Å². The monoisotopic (exact) mass is 828 g/mol. The predicted molar refractivity (Wildman–Crippen MR) is 218 cm³/mol. The third-order valence-electron chi connectivity index (χ3n) is 12.3. The Bertz CT molecular complexity index is 1590. The Hall–Kier alpha value is -3.33. The van der Waals surface area contributed by atoms with Gasteiger partial charge in [-0.1, -0.05) is 76.8 Å². The largest absolute Gasteiger partial charge is 0.496 e. The van der Waals surface area contributed by atoms with Crippen molar-refractivity contribution in [2.45, 2.75) is 184 Å². The van der Waals surface area contributed by atoms with Gasteiger partial charge >= 0.3 is 17.9 Å². The molecule has 4 aliphatic heterocycles. The SMILES string of the molecule is CCCCCCCC(=O)O[C@H]1/C(=C/C(=O)OC)C[C@H]2C[C@H](CO)OC(=O)C[C@H](O)C[C@@H]3CCC[C@H](C[C@@H]4C[C@H](c5ccccc5OC)C[C@H](/C=C/C(C)(C)[C@]1(O)O2)O4)O3. The molecule has 0 aliphatic carbocycles. The number of aliphatic hydroxyl groups is 3. The highest BCUT2D eigenvalue weighted by atomic mass is 16.7. The summed E-state index contributed by atoms with van der Waals surface area (Å²) in [6, 6.07) is 7.98. The molecular weight excluding hydrogens is 760 g/mol. The van der Waals surface area contributed by atoms with Crippen LogP contribution in [0.2, 0.25) is 0 Å². The van der Waals surface area contributed by atoms with E-state index in [1.165, 1.54) is 13.2 Å². The Morgan fingerprint density at radius 1 is 0.915 bits per heavy atom. The minimum absolute atomic E-state index is 0.00346. The summed E-state index contributed by atoms with van der Waals surface area (Å²) in [6.07, 6.45) is 8.62. The molecule has 0 saturated carbocycles. The summed E-state index contributed by atoms with van der Waals surface area (Å²) in [6.45, 7) is 5.08. The Labute approximate surface area is 349 Å². The second-order valence-corrected chi connectivity index (χ2v) is 17.4. The summed E-state index contributed by atoms with van der Waals surface area (Å²) in [5.74, 6) is -3.35. The molecule has 0 unspecified atom stereocenters. The Kier molecular flexibility index (Phi) is 17.4. The summed E-state index contributed by atoms with van der Waals surface area (Å²) >= 11 is 0. The van der Waals surface area contributed by atoms with Crippen LogP contribution in [0.1, 0.15) is 135 Å². The van der Waals surface area contributed by atoms with Crippen LogP contribution in [0.5, 0.6) is 5.75 Å². The van der Waals surface area contributed by atoms with Gasteiger partial charge in [0.15, 0.2) is 6.10 Å². The first-order chi connectivity index (χ1) is 28.3. The van der Waals surface area contributed by atoms with Crippen LogP contribution in [-0.4, -0.2) is 109 Å². The van der Waals surface area contributed by atoms with Gasteiger partial charge in [0, 0.05) is 30.8 Å². The van der Waals surface area contributed by atoms with Crippen molar-refractivity contribution in [1.82, 2.24) is 0 Å². The summed E-state index contributed by atoms with van der Waals surface area (Å²) < 4.78 is 42.4. The number of esters is 3. The lowest BCUT2D eigenvalue weighted by atomic mass is 9.73. The number of ether oxygens (including phenoxy) is 7. The van der Waals surface area contributed by atoms with E-state index in [0.29, 0.717) is 19.3 Å². The average Bonchev–Trinajstić information content (AvgIpc) is 3.20. The first-order valence-electron chi connectivity index (χ1n) is 21.8. The minimum Gasteiger partial charge on any atom is -0.496 e. The molecule has 13 heteroatoms.